The Bertz CT molecular complexity index is 875. The molecule has 0 fully saturated rings. The summed E-state index contributed by atoms with van der Waals surface area (Å²) in [6.07, 6.45) is 0. The topological polar surface area (TPSA) is 41.9 Å². The highest BCUT2D eigenvalue weighted by Gasteiger charge is 2.07. The Morgan fingerprint density at radius 3 is 2.48 bits per heavy atom. The summed E-state index contributed by atoms with van der Waals surface area (Å²) in [5.41, 5.74) is 3.10. The van der Waals surface area contributed by atoms with Crippen molar-refractivity contribution in [1.82, 2.24) is 9.78 Å². The van der Waals surface area contributed by atoms with Crippen LogP contribution in [0.4, 0.5) is 11.5 Å². The Labute approximate surface area is 165 Å². The molecule has 1 heterocycles. The number of aryl methyl sites for hydroxylation is 1. The molecule has 0 amide bonds. The molecule has 3 aromatic rings. The van der Waals surface area contributed by atoms with Gasteiger partial charge in [-0.15, -0.1) is 0 Å². The molecule has 3 rings (SSSR count). The first-order chi connectivity index (χ1) is 12.0. The van der Waals surface area contributed by atoms with Crippen LogP contribution < -0.4 is 10.6 Å². The first-order valence-electron chi connectivity index (χ1n) is 7.62. The summed E-state index contributed by atoms with van der Waals surface area (Å²) < 4.78 is 2.95. The molecule has 1 aromatic heterocycles. The molecule has 4 nitrogen and oxygen atoms in total. The molecule has 128 valence electrons. The third-order valence-corrected chi connectivity index (χ3v) is 4.56. The number of halogens is 2. The lowest BCUT2D eigenvalue weighted by Gasteiger charge is -2.08. The van der Waals surface area contributed by atoms with Gasteiger partial charge in [0, 0.05) is 26.9 Å². The molecule has 25 heavy (non-hydrogen) atoms. The van der Waals surface area contributed by atoms with E-state index in [9.17, 15) is 0 Å². The van der Waals surface area contributed by atoms with Crippen LogP contribution in [0, 0.1) is 6.92 Å². The summed E-state index contributed by atoms with van der Waals surface area (Å²) in [5, 5.41) is 12.0. The van der Waals surface area contributed by atoms with E-state index in [1.54, 1.807) is 0 Å². The highest BCUT2D eigenvalue weighted by molar-refractivity contribution is 9.10. The van der Waals surface area contributed by atoms with E-state index in [0.29, 0.717) is 17.5 Å². The number of aromatic nitrogens is 2. The second-order valence-corrected chi connectivity index (χ2v) is 7.30. The number of hydrogen-bond acceptors (Lipinski definition) is 2. The predicted molar refractivity (Wildman–Crippen MR) is 112 cm³/mol. The number of nitrogens with zero attached hydrogens (tertiary/aromatic N) is 2. The van der Waals surface area contributed by atoms with Crippen molar-refractivity contribution in [2.24, 2.45) is 0 Å². The minimum absolute atomic E-state index is 0.499. The zero-order valence-corrected chi connectivity index (χ0v) is 16.6. The van der Waals surface area contributed by atoms with Gasteiger partial charge >= 0.3 is 0 Å². The summed E-state index contributed by atoms with van der Waals surface area (Å²) >= 11 is 14.7. The molecule has 2 N–H and O–H groups in total. The highest BCUT2D eigenvalue weighted by atomic mass is 79.9. The fraction of sp³-hybridized carbons (Fsp3) is 0.111. The van der Waals surface area contributed by atoms with Crippen molar-refractivity contribution in [1.29, 1.82) is 0 Å². The normalized spacial score (nSPS) is 10.5. The average Bonchev–Trinajstić information content (AvgIpc) is 2.91. The molecule has 2 aromatic carbocycles. The van der Waals surface area contributed by atoms with Crippen LogP contribution >= 0.6 is 39.7 Å². The molecule has 0 saturated carbocycles. The van der Waals surface area contributed by atoms with Crippen molar-refractivity contribution < 1.29 is 0 Å². The standard InChI is InChI=1S/C18H16BrClN4S/c1-12-10-17(22-18(25)21-16-8-4-14(19)5-9-16)23-24(12)11-13-2-6-15(20)7-3-13/h2-10H,11H2,1H3,(H2,21,22,23,25). The van der Waals surface area contributed by atoms with E-state index in [0.717, 1.165) is 26.4 Å². The SMILES string of the molecule is Cc1cc(NC(=S)Nc2ccc(Br)cc2)nn1Cc1ccc(Cl)cc1. The maximum absolute atomic E-state index is 5.93. The lowest BCUT2D eigenvalue weighted by atomic mass is 10.2. The van der Waals surface area contributed by atoms with Gasteiger partial charge in [-0.25, -0.2) is 0 Å². The van der Waals surface area contributed by atoms with Crippen molar-refractivity contribution in [3.05, 3.63) is 75.4 Å². The van der Waals surface area contributed by atoms with Crippen molar-refractivity contribution in [2.45, 2.75) is 13.5 Å². The Hall–Kier alpha value is -1.89. The molecule has 0 aliphatic rings. The fourth-order valence-electron chi connectivity index (χ4n) is 2.31. The monoisotopic (exact) mass is 434 g/mol. The quantitative estimate of drug-likeness (QED) is 0.534. The van der Waals surface area contributed by atoms with Crippen LogP contribution in [0.15, 0.2) is 59.1 Å². The number of benzene rings is 2. The average molecular weight is 436 g/mol. The molecular formula is C18H16BrClN4S. The van der Waals surface area contributed by atoms with E-state index < -0.39 is 0 Å². The van der Waals surface area contributed by atoms with Crippen LogP contribution in [-0.2, 0) is 6.54 Å². The third-order valence-electron chi connectivity index (χ3n) is 3.57. The zero-order chi connectivity index (χ0) is 17.8. The van der Waals surface area contributed by atoms with E-state index in [4.69, 9.17) is 23.8 Å². The van der Waals surface area contributed by atoms with Crippen LogP contribution in [-0.4, -0.2) is 14.9 Å². The lowest BCUT2D eigenvalue weighted by Crippen LogP contribution is -2.19. The first-order valence-corrected chi connectivity index (χ1v) is 9.20. The molecular weight excluding hydrogens is 420 g/mol. The Morgan fingerprint density at radius 1 is 1.12 bits per heavy atom. The van der Waals surface area contributed by atoms with Gasteiger partial charge in [-0.05, 0) is 61.1 Å². The Morgan fingerprint density at radius 2 is 1.80 bits per heavy atom. The van der Waals surface area contributed by atoms with Gasteiger partial charge < -0.3 is 10.6 Å². The van der Waals surface area contributed by atoms with Gasteiger partial charge in [-0.1, -0.05) is 39.7 Å². The molecule has 7 heteroatoms. The lowest BCUT2D eigenvalue weighted by molar-refractivity contribution is 0.668. The van der Waals surface area contributed by atoms with Crippen molar-refractivity contribution >= 4 is 56.4 Å². The van der Waals surface area contributed by atoms with Crippen molar-refractivity contribution in [3.8, 4) is 0 Å². The van der Waals surface area contributed by atoms with Gasteiger partial charge in [0.15, 0.2) is 10.9 Å². The van der Waals surface area contributed by atoms with Gasteiger partial charge in [-0.3, -0.25) is 4.68 Å². The number of thiocarbonyl (C=S) groups is 1. The molecule has 0 atom stereocenters. The number of rotatable bonds is 4. The second-order valence-electron chi connectivity index (χ2n) is 5.54. The van der Waals surface area contributed by atoms with E-state index in [-0.39, 0.29) is 0 Å². The molecule has 0 bridgehead atoms. The van der Waals surface area contributed by atoms with Crippen molar-refractivity contribution in [2.75, 3.05) is 10.6 Å². The first kappa shape index (κ1) is 17.9. The van der Waals surface area contributed by atoms with Crippen LogP contribution in [0.5, 0.6) is 0 Å². The van der Waals surface area contributed by atoms with Gasteiger partial charge in [-0.2, -0.15) is 5.10 Å². The third kappa shape index (κ3) is 5.04. The fourth-order valence-corrected chi connectivity index (χ4v) is 2.92. The second kappa shape index (κ2) is 7.99. The summed E-state index contributed by atoms with van der Waals surface area (Å²) in [6.45, 7) is 2.69. The van der Waals surface area contributed by atoms with Crippen LogP contribution in [0.25, 0.3) is 0 Å². The van der Waals surface area contributed by atoms with Crippen LogP contribution in [0.3, 0.4) is 0 Å². The van der Waals surface area contributed by atoms with E-state index in [1.165, 1.54) is 0 Å². The summed E-state index contributed by atoms with van der Waals surface area (Å²) in [7, 11) is 0. The number of nitrogens with one attached hydrogen (secondary N) is 2. The molecule has 0 saturated heterocycles. The Balaban J connectivity index is 1.64. The van der Waals surface area contributed by atoms with E-state index >= 15 is 0 Å². The van der Waals surface area contributed by atoms with E-state index in [2.05, 4.69) is 31.7 Å². The molecule has 0 spiro atoms. The van der Waals surface area contributed by atoms with Gasteiger partial charge in [0.1, 0.15) is 0 Å². The molecule has 0 aliphatic heterocycles. The summed E-state index contributed by atoms with van der Waals surface area (Å²) in [6, 6.07) is 17.5. The van der Waals surface area contributed by atoms with Crippen LogP contribution in [0.2, 0.25) is 5.02 Å². The maximum atomic E-state index is 5.93. The van der Waals surface area contributed by atoms with Crippen LogP contribution in [0.1, 0.15) is 11.3 Å². The van der Waals surface area contributed by atoms with Gasteiger partial charge in [0.25, 0.3) is 0 Å². The predicted octanol–water partition coefficient (Wildman–Crippen LogP) is 5.46. The number of hydrogen-bond donors (Lipinski definition) is 2. The molecule has 0 aliphatic carbocycles. The minimum atomic E-state index is 0.499. The maximum Gasteiger partial charge on any atom is 0.176 e. The largest absolute Gasteiger partial charge is 0.332 e. The summed E-state index contributed by atoms with van der Waals surface area (Å²) in [4.78, 5) is 0. The minimum Gasteiger partial charge on any atom is -0.332 e. The smallest absolute Gasteiger partial charge is 0.176 e. The van der Waals surface area contributed by atoms with Gasteiger partial charge in [0.2, 0.25) is 0 Å². The molecule has 0 radical (unpaired) electrons. The zero-order valence-electron chi connectivity index (χ0n) is 13.5. The Kier molecular flexibility index (Phi) is 5.73. The molecule has 0 unspecified atom stereocenters. The van der Waals surface area contributed by atoms with E-state index in [1.807, 2.05) is 66.2 Å². The van der Waals surface area contributed by atoms with Gasteiger partial charge in [0.05, 0.1) is 6.54 Å². The highest BCUT2D eigenvalue weighted by Crippen LogP contribution is 2.16. The van der Waals surface area contributed by atoms with Crippen molar-refractivity contribution in [3.63, 3.8) is 0 Å². The summed E-state index contributed by atoms with van der Waals surface area (Å²) in [5.74, 6) is 0.709. The number of anilines is 2.